The number of amides is 1. The zero-order valence-electron chi connectivity index (χ0n) is 13.4. The van der Waals surface area contributed by atoms with Crippen molar-refractivity contribution < 1.29 is 9.53 Å². The molecule has 1 aliphatic heterocycles. The van der Waals surface area contributed by atoms with E-state index in [1.54, 1.807) is 7.11 Å². The van der Waals surface area contributed by atoms with Crippen LogP contribution < -0.4 is 10.1 Å². The van der Waals surface area contributed by atoms with Crippen molar-refractivity contribution in [1.82, 2.24) is 10.2 Å². The number of unbranched alkanes of at least 4 members (excludes halogenated alkanes) is 1. The summed E-state index contributed by atoms with van der Waals surface area (Å²) in [5.41, 5.74) is 1.03. The Morgan fingerprint density at radius 1 is 1.33 bits per heavy atom. The molecule has 116 valence electrons. The van der Waals surface area contributed by atoms with Crippen LogP contribution in [0.5, 0.6) is 5.75 Å². The third-order valence-corrected chi connectivity index (χ3v) is 4.05. The standard InChI is InChI=1S/C17H26N2O2/c1-5-6-11-19-16(18-15(12(2)3)17(19)20)13-9-7-8-10-14(13)21-4/h7-10,12,15-16,18H,5-6,11H2,1-4H3. The van der Waals surface area contributed by atoms with Gasteiger partial charge < -0.3 is 9.64 Å². The van der Waals surface area contributed by atoms with Gasteiger partial charge in [-0.1, -0.05) is 45.4 Å². The van der Waals surface area contributed by atoms with Gasteiger partial charge in [0, 0.05) is 12.1 Å². The first-order chi connectivity index (χ1) is 10.1. The predicted octanol–water partition coefficient (Wildman–Crippen LogP) is 2.95. The molecule has 4 nitrogen and oxygen atoms in total. The molecule has 0 aromatic heterocycles. The third kappa shape index (κ3) is 3.21. The molecule has 2 atom stereocenters. The molecular weight excluding hydrogens is 264 g/mol. The highest BCUT2D eigenvalue weighted by Gasteiger charge is 2.41. The molecule has 1 saturated heterocycles. The number of benzene rings is 1. The number of hydrogen-bond acceptors (Lipinski definition) is 3. The molecule has 0 bridgehead atoms. The van der Waals surface area contributed by atoms with Crippen molar-refractivity contribution in [1.29, 1.82) is 0 Å². The van der Waals surface area contributed by atoms with E-state index in [0.717, 1.165) is 30.7 Å². The van der Waals surface area contributed by atoms with Gasteiger partial charge in [0.15, 0.2) is 0 Å². The van der Waals surface area contributed by atoms with Gasteiger partial charge in [-0.05, 0) is 18.4 Å². The maximum absolute atomic E-state index is 12.7. The van der Waals surface area contributed by atoms with Crippen LogP contribution in [0.25, 0.3) is 0 Å². The molecule has 1 heterocycles. The first-order valence-electron chi connectivity index (χ1n) is 7.79. The lowest BCUT2D eigenvalue weighted by atomic mass is 10.0. The summed E-state index contributed by atoms with van der Waals surface area (Å²) in [6.07, 6.45) is 2.01. The second-order valence-electron chi connectivity index (χ2n) is 5.92. The molecular formula is C17H26N2O2. The zero-order valence-corrected chi connectivity index (χ0v) is 13.4. The Kier molecular flexibility index (Phi) is 5.23. The number of rotatable bonds is 6. The number of hydrogen-bond donors (Lipinski definition) is 1. The van der Waals surface area contributed by atoms with Gasteiger partial charge in [0.1, 0.15) is 11.9 Å². The van der Waals surface area contributed by atoms with Crippen molar-refractivity contribution in [2.75, 3.05) is 13.7 Å². The molecule has 1 aliphatic rings. The average Bonchev–Trinajstić information content (AvgIpc) is 2.82. The van der Waals surface area contributed by atoms with Crippen LogP contribution in [-0.2, 0) is 4.79 Å². The van der Waals surface area contributed by atoms with Crippen LogP contribution in [0.15, 0.2) is 24.3 Å². The summed E-state index contributed by atoms with van der Waals surface area (Å²) in [5.74, 6) is 1.31. The minimum Gasteiger partial charge on any atom is -0.496 e. The Morgan fingerprint density at radius 2 is 2.05 bits per heavy atom. The highest BCUT2D eigenvalue weighted by Crippen LogP contribution is 2.33. The Labute approximate surface area is 127 Å². The Morgan fingerprint density at radius 3 is 2.67 bits per heavy atom. The molecule has 1 N–H and O–H groups in total. The van der Waals surface area contributed by atoms with Crippen LogP contribution in [0.3, 0.4) is 0 Å². The summed E-state index contributed by atoms with van der Waals surface area (Å²) in [4.78, 5) is 14.6. The topological polar surface area (TPSA) is 41.6 Å². The maximum atomic E-state index is 12.7. The second kappa shape index (κ2) is 6.94. The fourth-order valence-corrected chi connectivity index (χ4v) is 2.83. The predicted molar refractivity (Wildman–Crippen MR) is 84.1 cm³/mol. The molecule has 2 rings (SSSR count). The minimum absolute atomic E-state index is 0.0902. The van der Waals surface area contributed by atoms with E-state index in [0.29, 0.717) is 0 Å². The van der Waals surface area contributed by atoms with Crippen LogP contribution in [0.4, 0.5) is 0 Å². The van der Waals surface area contributed by atoms with E-state index < -0.39 is 0 Å². The lowest BCUT2D eigenvalue weighted by molar-refractivity contribution is -0.130. The van der Waals surface area contributed by atoms with Gasteiger partial charge in [-0.25, -0.2) is 0 Å². The number of methoxy groups -OCH3 is 1. The van der Waals surface area contributed by atoms with Gasteiger partial charge in [-0.2, -0.15) is 0 Å². The molecule has 0 saturated carbocycles. The number of carbonyl (C=O) groups excluding carboxylic acids is 1. The molecule has 0 radical (unpaired) electrons. The summed E-state index contributed by atoms with van der Waals surface area (Å²) in [7, 11) is 1.67. The van der Waals surface area contributed by atoms with Gasteiger partial charge in [-0.3, -0.25) is 10.1 Å². The highest BCUT2D eigenvalue weighted by atomic mass is 16.5. The Bertz CT molecular complexity index is 487. The SMILES string of the molecule is CCCCN1C(=O)C(C(C)C)NC1c1ccccc1OC. The molecule has 2 unspecified atom stereocenters. The van der Waals surface area contributed by atoms with Crippen molar-refractivity contribution in [2.45, 2.75) is 45.8 Å². The minimum atomic E-state index is -0.114. The molecule has 1 aromatic rings. The summed E-state index contributed by atoms with van der Waals surface area (Å²) in [6, 6.07) is 7.81. The monoisotopic (exact) mass is 290 g/mol. The lowest BCUT2D eigenvalue weighted by Gasteiger charge is -2.25. The van der Waals surface area contributed by atoms with Crippen LogP contribution in [-0.4, -0.2) is 30.5 Å². The largest absolute Gasteiger partial charge is 0.496 e. The van der Waals surface area contributed by atoms with Gasteiger partial charge in [-0.15, -0.1) is 0 Å². The first kappa shape index (κ1) is 15.8. The molecule has 0 spiro atoms. The van der Waals surface area contributed by atoms with E-state index in [9.17, 15) is 4.79 Å². The number of nitrogens with one attached hydrogen (secondary N) is 1. The number of nitrogens with zero attached hydrogens (tertiary/aromatic N) is 1. The molecule has 1 aromatic carbocycles. The van der Waals surface area contributed by atoms with E-state index in [4.69, 9.17) is 4.74 Å². The lowest BCUT2D eigenvalue weighted by Crippen LogP contribution is -2.34. The normalized spacial score (nSPS) is 22.1. The van der Waals surface area contributed by atoms with Gasteiger partial charge in [0.2, 0.25) is 5.91 Å². The van der Waals surface area contributed by atoms with E-state index in [1.807, 2.05) is 29.2 Å². The van der Waals surface area contributed by atoms with E-state index in [-0.39, 0.29) is 24.0 Å². The number of ether oxygens (including phenoxy) is 1. The fraction of sp³-hybridized carbons (Fsp3) is 0.588. The van der Waals surface area contributed by atoms with Crippen molar-refractivity contribution >= 4 is 5.91 Å². The number of carbonyl (C=O) groups is 1. The van der Waals surface area contributed by atoms with Crippen molar-refractivity contribution in [3.8, 4) is 5.75 Å². The van der Waals surface area contributed by atoms with Gasteiger partial charge in [0.05, 0.1) is 13.2 Å². The third-order valence-electron chi connectivity index (χ3n) is 4.05. The highest BCUT2D eigenvalue weighted by molar-refractivity contribution is 5.85. The smallest absolute Gasteiger partial charge is 0.241 e. The number of para-hydroxylation sites is 1. The van der Waals surface area contributed by atoms with Gasteiger partial charge in [0.25, 0.3) is 0 Å². The average molecular weight is 290 g/mol. The first-order valence-corrected chi connectivity index (χ1v) is 7.79. The second-order valence-corrected chi connectivity index (χ2v) is 5.92. The molecule has 21 heavy (non-hydrogen) atoms. The van der Waals surface area contributed by atoms with E-state index >= 15 is 0 Å². The van der Waals surface area contributed by atoms with Crippen LogP contribution >= 0.6 is 0 Å². The van der Waals surface area contributed by atoms with Crippen LogP contribution in [0, 0.1) is 5.92 Å². The molecule has 4 heteroatoms. The summed E-state index contributed by atoms with van der Waals surface area (Å²) >= 11 is 0. The quantitative estimate of drug-likeness (QED) is 0.876. The van der Waals surface area contributed by atoms with Crippen LogP contribution in [0.1, 0.15) is 45.3 Å². The maximum Gasteiger partial charge on any atom is 0.241 e. The Balaban J connectivity index is 2.32. The van der Waals surface area contributed by atoms with E-state index in [2.05, 4.69) is 26.1 Å². The zero-order chi connectivity index (χ0) is 15.4. The molecule has 1 fully saturated rings. The summed E-state index contributed by atoms with van der Waals surface area (Å²) in [5, 5.41) is 3.49. The van der Waals surface area contributed by atoms with Gasteiger partial charge >= 0.3 is 0 Å². The molecule has 1 amide bonds. The van der Waals surface area contributed by atoms with Crippen molar-refractivity contribution in [2.24, 2.45) is 5.92 Å². The fourth-order valence-electron chi connectivity index (χ4n) is 2.83. The van der Waals surface area contributed by atoms with Crippen molar-refractivity contribution in [3.05, 3.63) is 29.8 Å². The van der Waals surface area contributed by atoms with Crippen molar-refractivity contribution in [3.63, 3.8) is 0 Å². The van der Waals surface area contributed by atoms with E-state index in [1.165, 1.54) is 0 Å². The van der Waals surface area contributed by atoms with Crippen LogP contribution in [0.2, 0.25) is 0 Å². The summed E-state index contributed by atoms with van der Waals surface area (Å²) in [6.45, 7) is 7.09. The molecule has 0 aliphatic carbocycles. The Hall–Kier alpha value is -1.55. The summed E-state index contributed by atoms with van der Waals surface area (Å²) < 4.78 is 5.46.